The summed E-state index contributed by atoms with van der Waals surface area (Å²) in [6.45, 7) is 0. The van der Waals surface area contributed by atoms with Crippen LogP contribution >= 0.6 is 0 Å². The Balaban J connectivity index is 1.84. The van der Waals surface area contributed by atoms with Crippen LogP contribution in [0, 0.1) is 17.6 Å². The van der Waals surface area contributed by atoms with Gasteiger partial charge in [0.15, 0.2) is 0 Å². The molecule has 21 heavy (non-hydrogen) atoms. The standard InChI is InChI=1S/C17H17F2NO/c1-21-16-6-4-12(5-7-16)17(11-2-3-11)20-15-9-13(18)8-14(19)10-15/h4-11,17,20H,2-3H2,1H3. The van der Waals surface area contributed by atoms with Crippen molar-refractivity contribution in [1.82, 2.24) is 0 Å². The SMILES string of the molecule is COc1ccc(C(Nc2cc(F)cc(F)c2)C2CC2)cc1. The largest absolute Gasteiger partial charge is 0.497 e. The molecule has 2 nitrogen and oxygen atoms in total. The molecule has 1 aliphatic rings. The lowest BCUT2D eigenvalue weighted by Gasteiger charge is -2.20. The fourth-order valence-electron chi connectivity index (χ4n) is 2.53. The third-order valence-electron chi connectivity index (χ3n) is 3.75. The van der Waals surface area contributed by atoms with Gasteiger partial charge in [0.1, 0.15) is 17.4 Å². The van der Waals surface area contributed by atoms with Crippen LogP contribution in [0.1, 0.15) is 24.4 Å². The number of rotatable bonds is 5. The van der Waals surface area contributed by atoms with Gasteiger partial charge < -0.3 is 10.1 Å². The van der Waals surface area contributed by atoms with E-state index in [-0.39, 0.29) is 6.04 Å². The molecule has 4 heteroatoms. The van der Waals surface area contributed by atoms with Crippen molar-refractivity contribution in [3.8, 4) is 5.75 Å². The minimum atomic E-state index is -0.568. The molecule has 1 N–H and O–H groups in total. The molecule has 2 aromatic rings. The molecule has 1 saturated carbocycles. The molecule has 1 atom stereocenters. The normalized spacial score (nSPS) is 15.6. The molecule has 1 unspecified atom stereocenters. The maximum absolute atomic E-state index is 13.3. The second-order valence-electron chi connectivity index (χ2n) is 5.39. The number of methoxy groups -OCH3 is 1. The van der Waals surface area contributed by atoms with E-state index < -0.39 is 11.6 Å². The molecule has 0 radical (unpaired) electrons. The Hall–Kier alpha value is -2.10. The topological polar surface area (TPSA) is 21.3 Å². The van der Waals surface area contributed by atoms with E-state index in [1.54, 1.807) is 7.11 Å². The molecule has 3 rings (SSSR count). The van der Waals surface area contributed by atoms with Crippen LogP contribution in [-0.4, -0.2) is 7.11 Å². The second kappa shape index (κ2) is 5.72. The van der Waals surface area contributed by atoms with Crippen LogP contribution in [0.2, 0.25) is 0 Å². The molecule has 0 saturated heterocycles. The van der Waals surface area contributed by atoms with Gasteiger partial charge in [-0.1, -0.05) is 12.1 Å². The summed E-state index contributed by atoms with van der Waals surface area (Å²) in [7, 11) is 1.63. The highest BCUT2D eigenvalue weighted by atomic mass is 19.1. The molecule has 0 heterocycles. The fraction of sp³-hybridized carbons (Fsp3) is 0.294. The Morgan fingerprint density at radius 1 is 1.05 bits per heavy atom. The predicted molar refractivity (Wildman–Crippen MR) is 78.4 cm³/mol. The Morgan fingerprint density at radius 2 is 1.67 bits per heavy atom. The van der Waals surface area contributed by atoms with Crippen LogP contribution in [-0.2, 0) is 0 Å². The number of halogens is 2. The van der Waals surface area contributed by atoms with Crippen molar-refractivity contribution < 1.29 is 13.5 Å². The molecular weight excluding hydrogens is 272 g/mol. The lowest BCUT2D eigenvalue weighted by atomic mass is 10.0. The Labute approximate surface area is 122 Å². The Bertz CT molecular complexity index is 603. The van der Waals surface area contributed by atoms with E-state index in [9.17, 15) is 8.78 Å². The summed E-state index contributed by atoms with van der Waals surface area (Å²) in [5.41, 5.74) is 1.57. The van der Waals surface area contributed by atoms with Gasteiger partial charge in [-0.3, -0.25) is 0 Å². The molecule has 0 spiro atoms. The molecule has 2 aromatic carbocycles. The van der Waals surface area contributed by atoms with Crippen molar-refractivity contribution in [3.05, 3.63) is 59.7 Å². The number of hydrogen-bond acceptors (Lipinski definition) is 2. The summed E-state index contributed by atoms with van der Waals surface area (Å²) >= 11 is 0. The molecule has 1 fully saturated rings. The van der Waals surface area contributed by atoms with Crippen LogP contribution in [0.4, 0.5) is 14.5 Å². The van der Waals surface area contributed by atoms with E-state index in [0.29, 0.717) is 11.6 Å². The zero-order valence-corrected chi connectivity index (χ0v) is 11.8. The summed E-state index contributed by atoms with van der Waals surface area (Å²) in [5.74, 6) is 0.165. The first-order valence-electron chi connectivity index (χ1n) is 7.02. The summed E-state index contributed by atoms with van der Waals surface area (Å²) < 4.78 is 31.8. The van der Waals surface area contributed by atoms with Crippen molar-refractivity contribution in [2.24, 2.45) is 5.92 Å². The van der Waals surface area contributed by atoms with Gasteiger partial charge in [-0.2, -0.15) is 0 Å². The van der Waals surface area contributed by atoms with E-state index in [2.05, 4.69) is 5.32 Å². The zero-order chi connectivity index (χ0) is 14.8. The fourth-order valence-corrected chi connectivity index (χ4v) is 2.53. The van der Waals surface area contributed by atoms with Gasteiger partial charge >= 0.3 is 0 Å². The number of anilines is 1. The highest BCUT2D eigenvalue weighted by Gasteiger charge is 2.32. The molecule has 0 aromatic heterocycles. The molecule has 110 valence electrons. The summed E-state index contributed by atoms with van der Waals surface area (Å²) in [4.78, 5) is 0. The van der Waals surface area contributed by atoms with Crippen molar-refractivity contribution in [2.45, 2.75) is 18.9 Å². The third kappa shape index (κ3) is 3.32. The first kappa shape index (κ1) is 13.9. The number of benzene rings is 2. The molecule has 0 bridgehead atoms. The molecule has 0 amide bonds. The van der Waals surface area contributed by atoms with Crippen molar-refractivity contribution in [1.29, 1.82) is 0 Å². The smallest absolute Gasteiger partial charge is 0.128 e. The minimum absolute atomic E-state index is 0.0668. The van der Waals surface area contributed by atoms with E-state index in [4.69, 9.17) is 4.74 Å². The summed E-state index contributed by atoms with van der Waals surface area (Å²) in [6, 6.07) is 11.4. The average molecular weight is 289 g/mol. The number of hydrogen-bond donors (Lipinski definition) is 1. The third-order valence-corrected chi connectivity index (χ3v) is 3.75. The van der Waals surface area contributed by atoms with Gasteiger partial charge in [-0.25, -0.2) is 8.78 Å². The first-order chi connectivity index (χ1) is 10.2. The summed E-state index contributed by atoms with van der Waals surface area (Å²) in [5, 5.41) is 3.26. The van der Waals surface area contributed by atoms with E-state index in [1.807, 2.05) is 24.3 Å². The maximum Gasteiger partial charge on any atom is 0.128 e. The van der Waals surface area contributed by atoms with E-state index >= 15 is 0 Å². The lowest BCUT2D eigenvalue weighted by Crippen LogP contribution is -2.13. The molecule has 0 aliphatic heterocycles. The van der Waals surface area contributed by atoms with Gasteiger partial charge in [-0.15, -0.1) is 0 Å². The van der Waals surface area contributed by atoms with Crippen LogP contribution in [0.15, 0.2) is 42.5 Å². The highest BCUT2D eigenvalue weighted by Crippen LogP contribution is 2.43. The van der Waals surface area contributed by atoms with Crippen molar-refractivity contribution in [3.63, 3.8) is 0 Å². The van der Waals surface area contributed by atoms with Crippen LogP contribution < -0.4 is 10.1 Å². The van der Waals surface area contributed by atoms with Gasteiger partial charge in [0.2, 0.25) is 0 Å². The summed E-state index contributed by atoms with van der Waals surface area (Å²) in [6.07, 6.45) is 2.25. The predicted octanol–water partition coefficient (Wildman–Crippen LogP) is 4.54. The Kier molecular flexibility index (Phi) is 3.78. The zero-order valence-electron chi connectivity index (χ0n) is 11.8. The highest BCUT2D eigenvalue weighted by molar-refractivity contribution is 5.47. The number of ether oxygens (including phenoxy) is 1. The van der Waals surface area contributed by atoms with Gasteiger partial charge in [0.05, 0.1) is 13.2 Å². The Morgan fingerprint density at radius 3 is 2.19 bits per heavy atom. The molecular formula is C17H17F2NO. The van der Waals surface area contributed by atoms with E-state index in [1.165, 1.54) is 12.1 Å². The van der Waals surface area contributed by atoms with Crippen molar-refractivity contribution >= 4 is 5.69 Å². The minimum Gasteiger partial charge on any atom is -0.497 e. The van der Waals surface area contributed by atoms with Crippen molar-refractivity contribution in [2.75, 3.05) is 12.4 Å². The maximum atomic E-state index is 13.3. The lowest BCUT2D eigenvalue weighted by molar-refractivity contribution is 0.414. The van der Waals surface area contributed by atoms with Crippen LogP contribution in [0.3, 0.4) is 0 Å². The first-order valence-corrected chi connectivity index (χ1v) is 7.02. The van der Waals surface area contributed by atoms with E-state index in [0.717, 1.165) is 30.2 Å². The van der Waals surface area contributed by atoms with Gasteiger partial charge in [-0.05, 0) is 48.6 Å². The van der Waals surface area contributed by atoms with Crippen LogP contribution in [0.25, 0.3) is 0 Å². The second-order valence-corrected chi connectivity index (χ2v) is 5.39. The van der Waals surface area contributed by atoms with Crippen LogP contribution in [0.5, 0.6) is 5.75 Å². The number of nitrogens with one attached hydrogen (secondary N) is 1. The quantitative estimate of drug-likeness (QED) is 0.872. The van der Waals surface area contributed by atoms with Gasteiger partial charge in [0, 0.05) is 11.8 Å². The monoisotopic (exact) mass is 289 g/mol. The molecule has 1 aliphatic carbocycles. The average Bonchev–Trinajstić information content (AvgIpc) is 3.28. The van der Waals surface area contributed by atoms with Gasteiger partial charge in [0.25, 0.3) is 0 Å².